The van der Waals surface area contributed by atoms with Crippen molar-refractivity contribution >= 4 is 27.3 Å². The molecule has 19 heavy (non-hydrogen) atoms. The Morgan fingerprint density at radius 2 is 1.89 bits per heavy atom. The summed E-state index contributed by atoms with van der Waals surface area (Å²) in [6.45, 7) is 2.67. The lowest BCUT2D eigenvalue weighted by molar-refractivity contribution is 0.0110. The molecular formula is C15H24BrNOS. The van der Waals surface area contributed by atoms with Gasteiger partial charge in [0.2, 0.25) is 0 Å². The van der Waals surface area contributed by atoms with E-state index in [4.69, 9.17) is 5.73 Å². The van der Waals surface area contributed by atoms with Crippen LogP contribution in [0.25, 0.3) is 0 Å². The molecule has 1 unspecified atom stereocenters. The van der Waals surface area contributed by atoms with Crippen molar-refractivity contribution in [1.29, 1.82) is 0 Å². The predicted octanol–water partition coefficient (Wildman–Crippen LogP) is 4.54. The standard InChI is InChI=1S/C15H24BrNOS/c1-11-12(16)9-13(19-11)14(18)15(10-17)7-5-3-2-4-6-8-15/h9,14,18H,2-8,10,17H2,1H3. The number of hydrogen-bond donors (Lipinski definition) is 2. The lowest BCUT2D eigenvalue weighted by Crippen LogP contribution is -2.37. The van der Waals surface area contributed by atoms with Gasteiger partial charge in [0.05, 0.1) is 6.10 Å². The number of halogens is 1. The average molecular weight is 346 g/mol. The smallest absolute Gasteiger partial charge is 0.0950 e. The number of nitrogens with two attached hydrogens (primary N) is 1. The van der Waals surface area contributed by atoms with Gasteiger partial charge in [-0.05, 0) is 41.8 Å². The fourth-order valence-electron chi connectivity index (χ4n) is 3.12. The number of aryl methyl sites for hydroxylation is 1. The van der Waals surface area contributed by atoms with E-state index in [-0.39, 0.29) is 5.41 Å². The zero-order chi connectivity index (χ0) is 13.9. The number of hydrogen-bond acceptors (Lipinski definition) is 3. The first-order valence-electron chi connectivity index (χ1n) is 7.23. The van der Waals surface area contributed by atoms with Crippen molar-refractivity contribution < 1.29 is 5.11 Å². The van der Waals surface area contributed by atoms with Crippen LogP contribution in [0.15, 0.2) is 10.5 Å². The van der Waals surface area contributed by atoms with E-state index in [1.165, 1.54) is 37.0 Å². The molecule has 0 aromatic carbocycles. The summed E-state index contributed by atoms with van der Waals surface area (Å²) in [5.41, 5.74) is 5.96. The third-order valence-electron chi connectivity index (χ3n) is 4.48. The highest BCUT2D eigenvalue weighted by atomic mass is 79.9. The zero-order valence-electron chi connectivity index (χ0n) is 11.6. The maximum Gasteiger partial charge on any atom is 0.0950 e. The highest BCUT2D eigenvalue weighted by Gasteiger charge is 2.38. The summed E-state index contributed by atoms with van der Waals surface area (Å²) >= 11 is 5.23. The average Bonchev–Trinajstić information content (AvgIpc) is 2.70. The van der Waals surface area contributed by atoms with E-state index >= 15 is 0 Å². The molecule has 0 radical (unpaired) electrons. The predicted molar refractivity (Wildman–Crippen MR) is 85.5 cm³/mol. The second kappa shape index (κ2) is 6.70. The van der Waals surface area contributed by atoms with Gasteiger partial charge in [0.1, 0.15) is 0 Å². The Kier molecular flexibility index (Phi) is 5.46. The molecule has 1 atom stereocenters. The van der Waals surface area contributed by atoms with Crippen LogP contribution in [0, 0.1) is 12.3 Å². The molecule has 0 amide bonds. The van der Waals surface area contributed by atoms with E-state index in [0.717, 1.165) is 22.2 Å². The molecule has 3 N–H and O–H groups in total. The Bertz CT molecular complexity index is 391. The van der Waals surface area contributed by atoms with E-state index in [0.29, 0.717) is 6.54 Å². The first-order valence-corrected chi connectivity index (χ1v) is 8.84. The van der Waals surface area contributed by atoms with Gasteiger partial charge in [-0.1, -0.05) is 32.1 Å². The van der Waals surface area contributed by atoms with Gasteiger partial charge in [-0.25, -0.2) is 0 Å². The van der Waals surface area contributed by atoms with Crippen molar-refractivity contribution in [3.8, 4) is 0 Å². The normalized spacial score (nSPS) is 21.7. The highest BCUT2D eigenvalue weighted by Crippen LogP contribution is 2.46. The van der Waals surface area contributed by atoms with Crippen LogP contribution in [0.4, 0.5) is 0 Å². The Balaban J connectivity index is 2.22. The van der Waals surface area contributed by atoms with Gasteiger partial charge < -0.3 is 10.8 Å². The zero-order valence-corrected chi connectivity index (χ0v) is 14.0. The van der Waals surface area contributed by atoms with E-state index in [9.17, 15) is 5.11 Å². The summed E-state index contributed by atoms with van der Waals surface area (Å²) < 4.78 is 1.10. The topological polar surface area (TPSA) is 46.2 Å². The quantitative estimate of drug-likeness (QED) is 0.844. The van der Waals surface area contributed by atoms with Gasteiger partial charge in [-0.15, -0.1) is 11.3 Å². The minimum Gasteiger partial charge on any atom is -0.387 e. The van der Waals surface area contributed by atoms with Crippen molar-refractivity contribution in [1.82, 2.24) is 0 Å². The molecule has 0 aliphatic heterocycles. The Hall–Kier alpha value is 0.100. The fraction of sp³-hybridized carbons (Fsp3) is 0.733. The lowest BCUT2D eigenvalue weighted by Gasteiger charge is -2.38. The van der Waals surface area contributed by atoms with E-state index in [1.807, 2.05) is 0 Å². The van der Waals surface area contributed by atoms with Gasteiger partial charge in [-0.2, -0.15) is 0 Å². The minimum absolute atomic E-state index is 0.114. The molecule has 1 fully saturated rings. The first-order chi connectivity index (χ1) is 9.09. The molecule has 2 rings (SSSR count). The van der Waals surface area contributed by atoms with E-state index in [1.54, 1.807) is 11.3 Å². The summed E-state index contributed by atoms with van der Waals surface area (Å²) in [6, 6.07) is 2.07. The molecule has 0 spiro atoms. The first kappa shape index (κ1) is 15.5. The molecule has 0 saturated heterocycles. The highest BCUT2D eigenvalue weighted by molar-refractivity contribution is 9.10. The van der Waals surface area contributed by atoms with Crippen LogP contribution in [0.1, 0.15) is 60.8 Å². The molecule has 4 heteroatoms. The van der Waals surface area contributed by atoms with Crippen LogP contribution in [0.3, 0.4) is 0 Å². The summed E-state index contributed by atoms with van der Waals surface area (Å²) in [5, 5.41) is 10.9. The number of rotatable bonds is 3. The second-order valence-electron chi connectivity index (χ2n) is 5.79. The maximum absolute atomic E-state index is 10.9. The molecule has 1 aromatic heterocycles. The monoisotopic (exact) mass is 345 g/mol. The second-order valence-corrected chi connectivity index (χ2v) is 7.93. The van der Waals surface area contributed by atoms with Crippen molar-refractivity contribution in [2.24, 2.45) is 11.1 Å². The molecule has 2 nitrogen and oxygen atoms in total. The van der Waals surface area contributed by atoms with Crippen molar-refractivity contribution in [2.75, 3.05) is 6.54 Å². The molecule has 1 aromatic rings. The number of aliphatic hydroxyl groups is 1. The molecule has 1 aliphatic rings. The summed E-state index contributed by atoms with van der Waals surface area (Å²) in [6.07, 6.45) is 7.98. The minimum atomic E-state index is -0.411. The van der Waals surface area contributed by atoms with E-state index < -0.39 is 6.10 Å². The molecule has 1 heterocycles. The van der Waals surface area contributed by atoms with Crippen molar-refractivity contribution in [2.45, 2.75) is 58.0 Å². The maximum atomic E-state index is 10.9. The molecule has 0 bridgehead atoms. The Labute approximate surface area is 128 Å². The Morgan fingerprint density at radius 3 is 2.37 bits per heavy atom. The molecular weight excluding hydrogens is 322 g/mol. The van der Waals surface area contributed by atoms with Gasteiger partial charge in [-0.3, -0.25) is 0 Å². The van der Waals surface area contributed by atoms with Crippen LogP contribution in [0.5, 0.6) is 0 Å². The number of thiophene rings is 1. The third kappa shape index (κ3) is 3.41. The van der Waals surface area contributed by atoms with Gasteiger partial charge in [0.25, 0.3) is 0 Å². The molecule has 1 saturated carbocycles. The SMILES string of the molecule is Cc1sc(C(O)C2(CN)CCCCCCC2)cc1Br. The third-order valence-corrected chi connectivity index (χ3v) is 6.67. The molecule has 1 aliphatic carbocycles. The van der Waals surface area contributed by atoms with Crippen LogP contribution in [0.2, 0.25) is 0 Å². The van der Waals surface area contributed by atoms with Gasteiger partial charge >= 0.3 is 0 Å². The van der Waals surface area contributed by atoms with Gasteiger partial charge in [0.15, 0.2) is 0 Å². The fourth-order valence-corrected chi connectivity index (χ4v) is 4.81. The molecule has 108 valence electrons. The van der Waals surface area contributed by atoms with Crippen molar-refractivity contribution in [3.05, 3.63) is 20.3 Å². The lowest BCUT2D eigenvalue weighted by atomic mass is 9.71. The Morgan fingerprint density at radius 1 is 1.32 bits per heavy atom. The van der Waals surface area contributed by atoms with Gasteiger partial charge in [0, 0.05) is 26.2 Å². The van der Waals surface area contributed by atoms with Crippen LogP contribution in [-0.2, 0) is 0 Å². The van der Waals surface area contributed by atoms with Crippen molar-refractivity contribution in [3.63, 3.8) is 0 Å². The van der Waals surface area contributed by atoms with Crippen LogP contribution in [-0.4, -0.2) is 11.7 Å². The summed E-state index contributed by atoms with van der Waals surface area (Å²) in [7, 11) is 0. The summed E-state index contributed by atoms with van der Waals surface area (Å²) in [5.74, 6) is 0. The van der Waals surface area contributed by atoms with E-state index in [2.05, 4.69) is 28.9 Å². The van der Waals surface area contributed by atoms with Crippen LogP contribution < -0.4 is 5.73 Å². The largest absolute Gasteiger partial charge is 0.387 e. The van der Waals surface area contributed by atoms with Crippen LogP contribution >= 0.6 is 27.3 Å². The number of aliphatic hydroxyl groups excluding tert-OH is 1. The summed E-state index contributed by atoms with van der Waals surface area (Å²) in [4.78, 5) is 2.29.